The molecule has 1 amide bonds. The van der Waals surface area contributed by atoms with Crippen molar-refractivity contribution in [2.24, 2.45) is 5.92 Å². The summed E-state index contributed by atoms with van der Waals surface area (Å²) in [7, 11) is 0. The lowest BCUT2D eigenvalue weighted by atomic mass is 9.93. The normalized spacial score (nSPS) is 17.3. The van der Waals surface area contributed by atoms with Crippen molar-refractivity contribution in [2.45, 2.75) is 25.7 Å². The van der Waals surface area contributed by atoms with E-state index in [-0.39, 0.29) is 0 Å². The quantitative estimate of drug-likeness (QED) is 0.871. The molecule has 1 atom stereocenters. The lowest BCUT2D eigenvalue weighted by molar-refractivity contribution is 0.101. The number of piperidine rings is 1. The van der Waals surface area contributed by atoms with E-state index in [9.17, 15) is 13.6 Å². The maximum Gasteiger partial charge on any atom is 0.277 e. The first-order valence-corrected chi connectivity index (χ1v) is 8.54. The highest BCUT2D eigenvalue weighted by molar-refractivity contribution is 6.02. The van der Waals surface area contributed by atoms with Crippen LogP contribution in [0.3, 0.4) is 0 Å². The van der Waals surface area contributed by atoms with E-state index in [1.54, 1.807) is 12.1 Å². The van der Waals surface area contributed by atoms with E-state index < -0.39 is 23.2 Å². The number of rotatable bonds is 5. The van der Waals surface area contributed by atoms with Crippen molar-refractivity contribution in [1.82, 2.24) is 10.3 Å². The van der Waals surface area contributed by atoms with E-state index in [0.29, 0.717) is 11.8 Å². The van der Waals surface area contributed by atoms with Gasteiger partial charge >= 0.3 is 0 Å². The van der Waals surface area contributed by atoms with E-state index in [2.05, 4.69) is 15.6 Å². The minimum Gasteiger partial charge on any atom is -0.321 e. The Labute approximate surface area is 145 Å². The molecule has 1 unspecified atom stereocenters. The van der Waals surface area contributed by atoms with Crippen LogP contribution in [0.15, 0.2) is 36.5 Å². The summed E-state index contributed by atoms with van der Waals surface area (Å²) >= 11 is 0. The number of carbonyl (C=O) groups excluding carboxylic acids is 1. The molecular formula is C19H21F2N3O. The first-order valence-electron chi connectivity index (χ1n) is 8.54. The van der Waals surface area contributed by atoms with Crippen molar-refractivity contribution >= 4 is 11.6 Å². The summed E-state index contributed by atoms with van der Waals surface area (Å²) in [6.45, 7) is 2.21. The summed E-state index contributed by atoms with van der Waals surface area (Å²) in [5, 5.41) is 6.00. The van der Waals surface area contributed by atoms with Gasteiger partial charge in [-0.25, -0.2) is 13.8 Å². The number of aromatic nitrogens is 1. The molecule has 1 aliphatic rings. The number of halogens is 2. The maximum atomic E-state index is 13.6. The highest BCUT2D eigenvalue weighted by Crippen LogP contribution is 2.19. The molecule has 0 aliphatic carbocycles. The number of pyridine rings is 1. The second kappa shape index (κ2) is 8.16. The molecule has 0 bridgehead atoms. The zero-order valence-corrected chi connectivity index (χ0v) is 13.9. The predicted molar refractivity (Wildman–Crippen MR) is 92.5 cm³/mol. The van der Waals surface area contributed by atoms with Crippen LogP contribution in [0.25, 0.3) is 0 Å². The third-order valence-electron chi connectivity index (χ3n) is 4.47. The molecule has 4 nitrogen and oxygen atoms in total. The zero-order chi connectivity index (χ0) is 17.6. The van der Waals surface area contributed by atoms with Crippen LogP contribution in [0.5, 0.6) is 0 Å². The molecular weight excluding hydrogens is 324 g/mol. The Balaban J connectivity index is 1.55. The Morgan fingerprint density at radius 2 is 2.08 bits per heavy atom. The lowest BCUT2D eigenvalue weighted by Crippen LogP contribution is -2.29. The molecule has 1 aromatic carbocycles. The van der Waals surface area contributed by atoms with Crippen molar-refractivity contribution < 1.29 is 13.6 Å². The van der Waals surface area contributed by atoms with Crippen LogP contribution in [-0.4, -0.2) is 24.0 Å². The van der Waals surface area contributed by atoms with Crippen molar-refractivity contribution in [1.29, 1.82) is 0 Å². The minimum absolute atomic E-state index is 0.421. The van der Waals surface area contributed by atoms with E-state index in [0.717, 1.165) is 38.0 Å². The van der Waals surface area contributed by atoms with Gasteiger partial charge in [0.1, 0.15) is 5.82 Å². The SMILES string of the molecule is O=C(Nc1ccc(CCC2CCCNC2)cc1)c1ncc(F)cc1F. The maximum absolute atomic E-state index is 13.6. The number of benzene rings is 1. The number of hydrogen-bond acceptors (Lipinski definition) is 3. The first-order chi connectivity index (χ1) is 12.1. The molecule has 3 rings (SSSR count). The standard InChI is InChI=1S/C19H21F2N3O/c20-15-10-17(21)18(23-12-15)19(25)24-16-7-5-13(6-8-16)3-4-14-2-1-9-22-11-14/h5-8,10,12,14,22H,1-4,9,11H2,(H,24,25). The number of aryl methyl sites for hydroxylation is 1. The number of carbonyl (C=O) groups is 1. The Morgan fingerprint density at radius 3 is 2.76 bits per heavy atom. The van der Waals surface area contributed by atoms with Gasteiger partial charge in [-0.2, -0.15) is 0 Å². The number of nitrogens with one attached hydrogen (secondary N) is 2. The molecule has 132 valence electrons. The molecule has 2 heterocycles. The zero-order valence-electron chi connectivity index (χ0n) is 13.9. The molecule has 1 fully saturated rings. The van der Waals surface area contributed by atoms with Crippen LogP contribution in [0, 0.1) is 17.6 Å². The molecule has 25 heavy (non-hydrogen) atoms. The lowest BCUT2D eigenvalue weighted by Gasteiger charge is -2.22. The second-order valence-corrected chi connectivity index (χ2v) is 6.39. The fourth-order valence-corrected chi connectivity index (χ4v) is 3.07. The van der Waals surface area contributed by atoms with Crippen LogP contribution >= 0.6 is 0 Å². The van der Waals surface area contributed by atoms with Gasteiger partial charge in [0.2, 0.25) is 0 Å². The average Bonchev–Trinajstić information content (AvgIpc) is 2.62. The fraction of sp³-hybridized carbons (Fsp3) is 0.368. The van der Waals surface area contributed by atoms with Crippen molar-refractivity contribution in [3.63, 3.8) is 0 Å². The Hall–Kier alpha value is -2.34. The van der Waals surface area contributed by atoms with Crippen molar-refractivity contribution in [2.75, 3.05) is 18.4 Å². The summed E-state index contributed by atoms with van der Waals surface area (Å²) in [4.78, 5) is 15.5. The third kappa shape index (κ3) is 4.82. The molecule has 0 radical (unpaired) electrons. The number of nitrogens with zero attached hydrogens (tertiary/aromatic N) is 1. The summed E-state index contributed by atoms with van der Waals surface area (Å²) in [5.41, 5.74) is 1.34. The van der Waals surface area contributed by atoms with E-state index in [4.69, 9.17) is 0 Å². The highest BCUT2D eigenvalue weighted by Gasteiger charge is 2.15. The van der Waals surface area contributed by atoms with Gasteiger partial charge in [0.15, 0.2) is 11.5 Å². The van der Waals surface area contributed by atoms with Gasteiger partial charge in [0.05, 0.1) is 6.20 Å². The highest BCUT2D eigenvalue weighted by atomic mass is 19.1. The summed E-state index contributed by atoms with van der Waals surface area (Å²) in [6, 6.07) is 8.13. The van der Waals surface area contributed by atoms with Gasteiger partial charge < -0.3 is 10.6 Å². The number of hydrogen-bond donors (Lipinski definition) is 2. The molecule has 2 N–H and O–H groups in total. The Bertz CT molecular complexity index is 728. The van der Waals surface area contributed by atoms with Crippen LogP contribution in [0.2, 0.25) is 0 Å². The van der Waals surface area contributed by atoms with Gasteiger partial charge in [-0.05, 0) is 62.4 Å². The van der Waals surface area contributed by atoms with E-state index in [1.165, 1.54) is 18.4 Å². The first kappa shape index (κ1) is 17.5. The van der Waals surface area contributed by atoms with Gasteiger partial charge in [-0.1, -0.05) is 12.1 Å². The molecule has 6 heteroatoms. The molecule has 1 aromatic heterocycles. The molecule has 2 aromatic rings. The Kier molecular flexibility index (Phi) is 5.71. The van der Waals surface area contributed by atoms with Gasteiger partial charge in [-0.15, -0.1) is 0 Å². The van der Waals surface area contributed by atoms with E-state index >= 15 is 0 Å². The van der Waals surface area contributed by atoms with Crippen LogP contribution in [0.1, 0.15) is 35.3 Å². The molecule has 0 saturated carbocycles. The van der Waals surface area contributed by atoms with E-state index in [1.807, 2.05) is 12.1 Å². The van der Waals surface area contributed by atoms with Crippen LogP contribution in [0.4, 0.5) is 14.5 Å². The monoisotopic (exact) mass is 345 g/mol. The minimum atomic E-state index is -0.977. The summed E-state index contributed by atoms with van der Waals surface area (Å²) in [6.07, 6.45) is 5.47. The predicted octanol–water partition coefficient (Wildman–Crippen LogP) is 3.54. The van der Waals surface area contributed by atoms with Crippen molar-refractivity contribution in [3.8, 4) is 0 Å². The van der Waals surface area contributed by atoms with Gasteiger partial charge in [0.25, 0.3) is 5.91 Å². The van der Waals surface area contributed by atoms with Crippen LogP contribution < -0.4 is 10.6 Å². The number of anilines is 1. The van der Waals surface area contributed by atoms with Crippen molar-refractivity contribution in [3.05, 3.63) is 59.4 Å². The molecule has 0 spiro atoms. The third-order valence-corrected chi connectivity index (χ3v) is 4.47. The summed E-state index contributed by atoms with van der Waals surface area (Å²) in [5.74, 6) is -1.76. The largest absolute Gasteiger partial charge is 0.321 e. The van der Waals surface area contributed by atoms with Gasteiger partial charge in [-0.3, -0.25) is 4.79 Å². The van der Waals surface area contributed by atoms with Gasteiger partial charge in [0, 0.05) is 11.8 Å². The number of amides is 1. The molecule has 1 saturated heterocycles. The summed E-state index contributed by atoms with van der Waals surface area (Å²) < 4.78 is 26.4. The second-order valence-electron chi connectivity index (χ2n) is 6.39. The molecule has 1 aliphatic heterocycles. The smallest absolute Gasteiger partial charge is 0.277 e. The Morgan fingerprint density at radius 1 is 1.28 bits per heavy atom. The average molecular weight is 345 g/mol. The fourth-order valence-electron chi connectivity index (χ4n) is 3.07. The van der Waals surface area contributed by atoms with Crippen LogP contribution in [-0.2, 0) is 6.42 Å². The topological polar surface area (TPSA) is 54.0 Å².